The highest BCUT2D eigenvalue weighted by atomic mass is 16.5. The molecule has 0 aliphatic carbocycles. The second kappa shape index (κ2) is 10.4. The zero-order valence-electron chi connectivity index (χ0n) is 24.8. The molecule has 0 saturated heterocycles. The van der Waals surface area contributed by atoms with Crippen LogP contribution in [-0.2, 0) is 0 Å². The van der Waals surface area contributed by atoms with Gasteiger partial charge in [0.15, 0.2) is 11.5 Å². The second-order valence-corrected chi connectivity index (χ2v) is 11.7. The van der Waals surface area contributed by atoms with Crippen LogP contribution in [0.1, 0.15) is 5.56 Å². The fourth-order valence-electron chi connectivity index (χ4n) is 6.75. The molecule has 0 fully saturated rings. The summed E-state index contributed by atoms with van der Waals surface area (Å²) in [4.78, 5) is 0. The van der Waals surface area contributed by atoms with Crippen LogP contribution in [0.4, 0.5) is 0 Å². The second-order valence-electron chi connectivity index (χ2n) is 11.7. The molecule has 46 heavy (non-hydrogen) atoms. The highest BCUT2D eigenvalue weighted by Crippen LogP contribution is 2.46. The van der Waals surface area contributed by atoms with Crippen molar-refractivity contribution in [3.8, 4) is 67.8 Å². The highest BCUT2D eigenvalue weighted by molar-refractivity contribution is 6.12. The Hall–Kier alpha value is -6.37. The van der Waals surface area contributed by atoms with E-state index in [0.29, 0.717) is 5.56 Å². The van der Waals surface area contributed by atoms with E-state index in [1.165, 1.54) is 27.4 Å². The molecule has 1 aliphatic rings. The zero-order valence-corrected chi connectivity index (χ0v) is 24.8. The van der Waals surface area contributed by atoms with Gasteiger partial charge in [0.05, 0.1) is 28.4 Å². The van der Waals surface area contributed by atoms with Crippen molar-refractivity contribution in [3.05, 3.63) is 163 Å². The van der Waals surface area contributed by atoms with Gasteiger partial charge in [-0.3, -0.25) is 0 Å². The van der Waals surface area contributed by atoms with Gasteiger partial charge < -0.3 is 9.30 Å². The Morgan fingerprint density at radius 1 is 0.435 bits per heavy atom. The lowest BCUT2D eigenvalue weighted by Crippen LogP contribution is -2.04. The Bertz CT molecular complexity index is 2500. The molecule has 1 aliphatic heterocycles. The summed E-state index contributed by atoms with van der Waals surface area (Å²) in [6, 6.07) is 57.3. The van der Waals surface area contributed by atoms with E-state index in [9.17, 15) is 0 Å². The van der Waals surface area contributed by atoms with Gasteiger partial charge in [-0.1, -0.05) is 109 Å². The lowest BCUT2D eigenvalue weighted by atomic mass is 9.95. The lowest BCUT2D eigenvalue weighted by molar-refractivity contribution is 0.476. The van der Waals surface area contributed by atoms with Crippen LogP contribution in [0.5, 0.6) is 11.5 Å². The van der Waals surface area contributed by atoms with Crippen molar-refractivity contribution in [2.45, 2.75) is 0 Å². The Balaban J connectivity index is 1.04. The van der Waals surface area contributed by atoms with E-state index < -0.39 is 0 Å². The number of fused-ring (bicyclic) bond motifs is 5. The quantitative estimate of drug-likeness (QED) is 0.206. The largest absolute Gasteiger partial charge is 0.453 e. The van der Waals surface area contributed by atoms with E-state index in [4.69, 9.17) is 10.00 Å². The Kier molecular flexibility index (Phi) is 5.88. The van der Waals surface area contributed by atoms with Crippen molar-refractivity contribution in [2.75, 3.05) is 0 Å². The van der Waals surface area contributed by atoms with E-state index in [1.807, 2.05) is 24.3 Å². The summed E-state index contributed by atoms with van der Waals surface area (Å²) in [7, 11) is 0. The predicted molar refractivity (Wildman–Crippen MR) is 187 cm³/mol. The van der Waals surface area contributed by atoms with E-state index in [2.05, 4.69) is 144 Å². The van der Waals surface area contributed by atoms with Crippen molar-refractivity contribution in [1.29, 1.82) is 5.26 Å². The number of para-hydroxylation sites is 2. The van der Waals surface area contributed by atoms with Gasteiger partial charge in [0.2, 0.25) is 0 Å². The molecular weight excluding hydrogens is 560 g/mol. The molecule has 0 radical (unpaired) electrons. The molecule has 1 aromatic heterocycles. The van der Waals surface area contributed by atoms with Gasteiger partial charge in [0.1, 0.15) is 0 Å². The number of nitrogens with zero attached hydrogens (tertiary/aromatic N) is 2. The minimum Gasteiger partial charge on any atom is -0.453 e. The van der Waals surface area contributed by atoms with Crippen molar-refractivity contribution in [2.24, 2.45) is 0 Å². The molecular formula is C43H26N2O. The third-order valence-electron chi connectivity index (χ3n) is 9.04. The van der Waals surface area contributed by atoms with E-state index in [-0.39, 0.29) is 0 Å². The van der Waals surface area contributed by atoms with Crippen molar-refractivity contribution < 1.29 is 4.74 Å². The molecule has 3 heteroatoms. The fraction of sp³-hybridized carbons (Fsp3) is 0. The first-order chi connectivity index (χ1) is 22.7. The zero-order chi connectivity index (χ0) is 30.6. The maximum Gasteiger partial charge on any atom is 0.152 e. The Morgan fingerprint density at radius 3 is 1.63 bits per heavy atom. The number of nitriles is 1. The van der Waals surface area contributed by atoms with Crippen LogP contribution < -0.4 is 4.74 Å². The number of hydrogen-bond acceptors (Lipinski definition) is 2. The molecule has 0 amide bonds. The minimum absolute atomic E-state index is 0.670. The summed E-state index contributed by atoms with van der Waals surface area (Å²) >= 11 is 0. The van der Waals surface area contributed by atoms with Crippen LogP contribution in [0.3, 0.4) is 0 Å². The van der Waals surface area contributed by atoms with Crippen molar-refractivity contribution in [1.82, 2.24) is 4.57 Å². The third-order valence-corrected chi connectivity index (χ3v) is 9.04. The maximum absolute atomic E-state index is 9.10. The van der Waals surface area contributed by atoms with Crippen LogP contribution in [0, 0.1) is 11.3 Å². The van der Waals surface area contributed by atoms with Crippen molar-refractivity contribution in [3.63, 3.8) is 0 Å². The summed E-state index contributed by atoms with van der Waals surface area (Å²) in [5.41, 5.74) is 13.2. The van der Waals surface area contributed by atoms with E-state index in [0.717, 1.165) is 56.1 Å². The summed E-state index contributed by atoms with van der Waals surface area (Å²) in [5.74, 6) is 1.74. The monoisotopic (exact) mass is 586 g/mol. The van der Waals surface area contributed by atoms with Crippen LogP contribution >= 0.6 is 0 Å². The Morgan fingerprint density at radius 2 is 0.957 bits per heavy atom. The van der Waals surface area contributed by atoms with Crippen LogP contribution in [-0.4, -0.2) is 4.57 Å². The topological polar surface area (TPSA) is 37.9 Å². The molecule has 8 aromatic rings. The maximum atomic E-state index is 9.10. The van der Waals surface area contributed by atoms with Gasteiger partial charge in [0.25, 0.3) is 0 Å². The summed E-state index contributed by atoms with van der Waals surface area (Å²) in [6.45, 7) is 0. The van der Waals surface area contributed by atoms with Crippen LogP contribution in [0.25, 0.3) is 72.0 Å². The fourth-order valence-corrected chi connectivity index (χ4v) is 6.75. The molecule has 214 valence electrons. The first-order valence-corrected chi connectivity index (χ1v) is 15.4. The molecule has 0 spiro atoms. The summed E-state index contributed by atoms with van der Waals surface area (Å²) in [6.07, 6.45) is 0. The first kappa shape index (κ1) is 26.1. The van der Waals surface area contributed by atoms with Gasteiger partial charge in [-0.25, -0.2) is 0 Å². The first-order valence-electron chi connectivity index (χ1n) is 15.4. The molecule has 0 bridgehead atoms. The van der Waals surface area contributed by atoms with Crippen LogP contribution in [0.15, 0.2) is 158 Å². The number of ether oxygens (including phenoxy) is 1. The minimum atomic E-state index is 0.670. The summed E-state index contributed by atoms with van der Waals surface area (Å²) in [5, 5.41) is 11.5. The molecule has 9 rings (SSSR count). The SMILES string of the molecule is N#Cc1ccc(-c2ccc(-c3cccc(-c4cccc(-c5ccc6c(c5)Oc5cccc7c8ccccc8n-6c57)c4)c3)cc2)cc1. The number of aromatic nitrogens is 1. The van der Waals surface area contributed by atoms with Gasteiger partial charge in [-0.15, -0.1) is 0 Å². The summed E-state index contributed by atoms with van der Waals surface area (Å²) < 4.78 is 8.87. The number of hydrogen-bond donors (Lipinski definition) is 0. The molecule has 0 saturated carbocycles. The molecule has 3 nitrogen and oxygen atoms in total. The molecule has 7 aromatic carbocycles. The highest BCUT2D eigenvalue weighted by Gasteiger charge is 2.23. The molecule has 0 unspecified atom stereocenters. The molecule has 0 atom stereocenters. The van der Waals surface area contributed by atoms with E-state index in [1.54, 1.807) is 0 Å². The predicted octanol–water partition coefficient (Wildman–Crippen LogP) is 11.4. The average molecular weight is 587 g/mol. The van der Waals surface area contributed by atoms with Gasteiger partial charge >= 0.3 is 0 Å². The average Bonchev–Trinajstić information content (AvgIpc) is 3.47. The smallest absolute Gasteiger partial charge is 0.152 e. The standard InChI is InChI=1S/C43H26N2O/c44-27-28-14-16-29(17-15-28)30-18-20-31(21-19-30)32-6-3-7-33(24-32)34-8-4-9-35(25-34)36-22-23-40-42(26-36)46-41-13-5-11-38-37-10-1-2-12-39(37)45(40)43(38)41/h1-26H. The van der Waals surface area contributed by atoms with Gasteiger partial charge in [-0.2, -0.15) is 5.26 Å². The van der Waals surface area contributed by atoms with Gasteiger partial charge in [0, 0.05) is 10.8 Å². The number of rotatable bonds is 4. The van der Waals surface area contributed by atoms with Crippen LogP contribution in [0.2, 0.25) is 0 Å². The van der Waals surface area contributed by atoms with E-state index >= 15 is 0 Å². The van der Waals surface area contributed by atoms with Crippen molar-refractivity contribution >= 4 is 21.8 Å². The Labute approximate surface area is 266 Å². The normalized spacial score (nSPS) is 11.6. The molecule has 2 heterocycles. The third kappa shape index (κ3) is 4.20. The molecule has 0 N–H and O–H groups in total. The number of benzene rings is 7. The lowest BCUT2D eigenvalue weighted by Gasteiger charge is -2.21. The van der Waals surface area contributed by atoms with Gasteiger partial charge in [-0.05, 0) is 93.0 Å².